The van der Waals surface area contributed by atoms with E-state index in [0.717, 1.165) is 31.7 Å². The monoisotopic (exact) mass is 223 g/mol. The molecule has 0 aromatic carbocycles. The van der Waals surface area contributed by atoms with E-state index in [0.29, 0.717) is 0 Å². The average molecular weight is 223 g/mol. The van der Waals surface area contributed by atoms with E-state index in [2.05, 4.69) is 29.0 Å². The van der Waals surface area contributed by atoms with Crippen molar-refractivity contribution < 1.29 is 4.39 Å². The molecule has 1 fully saturated rings. The Morgan fingerprint density at radius 2 is 2.31 bits per heavy atom. The third-order valence-electron chi connectivity index (χ3n) is 3.11. The van der Waals surface area contributed by atoms with Gasteiger partial charge >= 0.3 is 0 Å². The lowest BCUT2D eigenvalue weighted by Crippen LogP contribution is -2.57. The first-order chi connectivity index (χ1) is 7.58. The predicted molar refractivity (Wildman–Crippen MR) is 61.6 cm³/mol. The number of aromatic nitrogens is 1. The summed E-state index contributed by atoms with van der Waals surface area (Å²) in [6, 6.07) is 1.56. The molecule has 0 amide bonds. The summed E-state index contributed by atoms with van der Waals surface area (Å²) in [5.41, 5.74) is 1.06. The molecule has 0 bridgehead atoms. The van der Waals surface area contributed by atoms with E-state index in [-0.39, 0.29) is 11.4 Å². The first-order valence-corrected chi connectivity index (χ1v) is 5.63. The number of nitrogens with one attached hydrogen (secondary N) is 1. The molecule has 1 aromatic heterocycles. The van der Waals surface area contributed by atoms with Gasteiger partial charge in [0.25, 0.3) is 0 Å². The van der Waals surface area contributed by atoms with E-state index in [1.807, 2.05) is 0 Å². The second kappa shape index (κ2) is 4.47. The molecule has 3 nitrogen and oxygen atoms in total. The van der Waals surface area contributed by atoms with Crippen LogP contribution in [-0.2, 0) is 6.54 Å². The molecule has 0 unspecified atom stereocenters. The Kier molecular flexibility index (Phi) is 3.21. The van der Waals surface area contributed by atoms with Gasteiger partial charge in [-0.25, -0.2) is 4.39 Å². The molecule has 1 aliphatic rings. The highest BCUT2D eigenvalue weighted by molar-refractivity contribution is 5.11. The zero-order valence-corrected chi connectivity index (χ0v) is 9.83. The Hall–Kier alpha value is -1.00. The molecule has 0 radical (unpaired) electrons. The van der Waals surface area contributed by atoms with E-state index in [9.17, 15) is 4.39 Å². The third-order valence-corrected chi connectivity index (χ3v) is 3.11. The maximum absolute atomic E-state index is 13.0. The van der Waals surface area contributed by atoms with Crippen LogP contribution in [0.1, 0.15) is 19.4 Å². The van der Waals surface area contributed by atoms with Gasteiger partial charge in [-0.1, -0.05) is 0 Å². The fourth-order valence-corrected chi connectivity index (χ4v) is 2.08. The quantitative estimate of drug-likeness (QED) is 0.821. The zero-order valence-electron chi connectivity index (χ0n) is 9.83. The molecule has 0 saturated carbocycles. The molecule has 0 spiro atoms. The van der Waals surface area contributed by atoms with Crippen molar-refractivity contribution in [1.29, 1.82) is 0 Å². The number of piperazine rings is 1. The van der Waals surface area contributed by atoms with Crippen LogP contribution in [0.3, 0.4) is 0 Å². The fraction of sp³-hybridized carbons (Fsp3) is 0.583. The number of nitrogens with zero attached hydrogens (tertiary/aromatic N) is 2. The summed E-state index contributed by atoms with van der Waals surface area (Å²) in [6.07, 6.45) is 2.98. The summed E-state index contributed by atoms with van der Waals surface area (Å²) < 4.78 is 13.0. The van der Waals surface area contributed by atoms with Crippen molar-refractivity contribution in [3.8, 4) is 0 Å². The van der Waals surface area contributed by atoms with E-state index in [4.69, 9.17) is 0 Å². The van der Waals surface area contributed by atoms with Gasteiger partial charge in [-0.15, -0.1) is 0 Å². The molecule has 2 heterocycles. The van der Waals surface area contributed by atoms with Crippen molar-refractivity contribution in [2.75, 3.05) is 19.6 Å². The van der Waals surface area contributed by atoms with E-state index in [1.165, 1.54) is 6.20 Å². The van der Waals surface area contributed by atoms with Gasteiger partial charge in [-0.05, 0) is 25.5 Å². The molecule has 1 aliphatic heterocycles. The number of hydrogen-bond acceptors (Lipinski definition) is 3. The number of rotatable bonds is 2. The van der Waals surface area contributed by atoms with E-state index >= 15 is 0 Å². The minimum absolute atomic E-state index is 0.116. The van der Waals surface area contributed by atoms with Crippen molar-refractivity contribution in [3.63, 3.8) is 0 Å². The van der Waals surface area contributed by atoms with Gasteiger partial charge in [-0.3, -0.25) is 9.88 Å². The summed E-state index contributed by atoms with van der Waals surface area (Å²) in [7, 11) is 0. The van der Waals surface area contributed by atoms with Crippen LogP contribution in [0, 0.1) is 5.82 Å². The maximum atomic E-state index is 13.0. The summed E-state index contributed by atoms with van der Waals surface area (Å²) >= 11 is 0. The summed E-state index contributed by atoms with van der Waals surface area (Å²) in [5, 5.41) is 3.37. The van der Waals surface area contributed by atoms with Gasteiger partial charge in [-0.2, -0.15) is 0 Å². The minimum atomic E-state index is -0.259. The zero-order chi connectivity index (χ0) is 11.6. The van der Waals surface area contributed by atoms with Crippen molar-refractivity contribution in [1.82, 2.24) is 15.2 Å². The number of pyridine rings is 1. The lowest BCUT2D eigenvalue weighted by Gasteiger charge is -2.42. The molecule has 1 aromatic rings. The summed E-state index contributed by atoms with van der Waals surface area (Å²) in [4.78, 5) is 6.24. The van der Waals surface area contributed by atoms with E-state index in [1.54, 1.807) is 12.3 Å². The number of hydrogen-bond donors (Lipinski definition) is 1. The molecule has 88 valence electrons. The van der Waals surface area contributed by atoms with Crippen molar-refractivity contribution in [2.45, 2.75) is 25.9 Å². The van der Waals surface area contributed by atoms with Crippen LogP contribution < -0.4 is 5.32 Å². The average Bonchev–Trinajstić information content (AvgIpc) is 2.21. The van der Waals surface area contributed by atoms with Crippen molar-refractivity contribution in [2.24, 2.45) is 0 Å². The second-order valence-corrected chi connectivity index (χ2v) is 4.92. The molecule has 2 rings (SSSR count). The normalized spacial score (nSPS) is 20.9. The van der Waals surface area contributed by atoms with Gasteiger partial charge in [0.15, 0.2) is 0 Å². The Labute approximate surface area is 95.7 Å². The van der Waals surface area contributed by atoms with Crippen LogP contribution in [0.2, 0.25) is 0 Å². The highest BCUT2D eigenvalue weighted by Crippen LogP contribution is 2.19. The lowest BCUT2D eigenvalue weighted by molar-refractivity contribution is 0.0825. The van der Waals surface area contributed by atoms with Crippen LogP contribution in [-0.4, -0.2) is 35.1 Å². The van der Waals surface area contributed by atoms with Gasteiger partial charge < -0.3 is 5.32 Å². The predicted octanol–water partition coefficient (Wildman–Crippen LogP) is 1.40. The van der Waals surface area contributed by atoms with Gasteiger partial charge in [0.2, 0.25) is 0 Å². The van der Waals surface area contributed by atoms with Gasteiger partial charge in [0.05, 0.1) is 6.20 Å². The van der Waals surface area contributed by atoms with Crippen LogP contribution in [0.15, 0.2) is 18.5 Å². The lowest BCUT2D eigenvalue weighted by atomic mass is 9.99. The summed E-state index contributed by atoms with van der Waals surface area (Å²) in [5.74, 6) is -0.259. The fourth-order valence-electron chi connectivity index (χ4n) is 2.08. The first-order valence-electron chi connectivity index (χ1n) is 5.63. The van der Waals surface area contributed by atoms with Crippen LogP contribution in [0.5, 0.6) is 0 Å². The minimum Gasteiger partial charge on any atom is -0.314 e. The third kappa shape index (κ3) is 2.57. The Bertz CT molecular complexity index is 365. The SMILES string of the molecule is CC1(C)CNCCN1Cc1cncc(F)c1. The highest BCUT2D eigenvalue weighted by Gasteiger charge is 2.29. The van der Waals surface area contributed by atoms with Gasteiger partial charge in [0.1, 0.15) is 5.82 Å². The molecule has 4 heteroatoms. The largest absolute Gasteiger partial charge is 0.314 e. The molecule has 16 heavy (non-hydrogen) atoms. The molecule has 0 aliphatic carbocycles. The first kappa shape index (κ1) is 11.5. The smallest absolute Gasteiger partial charge is 0.141 e. The number of halogens is 1. The highest BCUT2D eigenvalue weighted by atomic mass is 19.1. The van der Waals surface area contributed by atoms with Crippen LogP contribution >= 0.6 is 0 Å². The molecular weight excluding hydrogens is 205 g/mol. The summed E-state index contributed by atoms with van der Waals surface area (Å²) in [6.45, 7) is 8.11. The Morgan fingerprint density at radius 1 is 1.50 bits per heavy atom. The van der Waals surface area contributed by atoms with Crippen molar-refractivity contribution >= 4 is 0 Å². The molecule has 1 N–H and O–H groups in total. The maximum Gasteiger partial charge on any atom is 0.141 e. The van der Waals surface area contributed by atoms with Crippen LogP contribution in [0.4, 0.5) is 4.39 Å². The Morgan fingerprint density at radius 3 is 3.00 bits per heavy atom. The molecule has 1 saturated heterocycles. The van der Waals surface area contributed by atoms with Crippen molar-refractivity contribution in [3.05, 3.63) is 29.8 Å². The molecule has 0 atom stereocenters. The van der Waals surface area contributed by atoms with Gasteiger partial charge in [0, 0.05) is 37.9 Å². The van der Waals surface area contributed by atoms with E-state index < -0.39 is 0 Å². The molecular formula is C12H18FN3. The van der Waals surface area contributed by atoms with Crippen LogP contribution in [0.25, 0.3) is 0 Å². The second-order valence-electron chi connectivity index (χ2n) is 4.92. The Balaban J connectivity index is 2.08. The topological polar surface area (TPSA) is 28.2 Å². The standard InChI is InChI=1S/C12H18FN3/c1-12(2)9-14-3-4-16(12)8-10-5-11(13)7-15-6-10/h5-7,14H,3-4,8-9H2,1-2H3.